The van der Waals surface area contributed by atoms with Crippen molar-refractivity contribution in [1.29, 1.82) is 0 Å². The number of hydrogen-bond donors (Lipinski definition) is 0. The van der Waals surface area contributed by atoms with E-state index in [1.165, 1.54) is 35.2 Å². The molecule has 0 radical (unpaired) electrons. The van der Waals surface area contributed by atoms with Crippen LogP contribution in [0.5, 0.6) is 0 Å². The molecule has 156 valence electrons. The molecule has 0 saturated carbocycles. The van der Waals surface area contributed by atoms with Crippen molar-refractivity contribution in [2.75, 3.05) is 6.61 Å². The van der Waals surface area contributed by atoms with Crippen molar-refractivity contribution in [3.63, 3.8) is 0 Å². The number of halogens is 3. The molecule has 2 aromatic rings. The van der Waals surface area contributed by atoms with E-state index in [9.17, 15) is 22.8 Å². The summed E-state index contributed by atoms with van der Waals surface area (Å²) in [5.41, 5.74) is 0.935. The number of ether oxygens (including phenoxy) is 1. The van der Waals surface area contributed by atoms with Crippen molar-refractivity contribution in [1.82, 2.24) is 4.90 Å². The number of rotatable bonds is 6. The van der Waals surface area contributed by atoms with E-state index in [0.29, 0.717) is 11.6 Å². The molecule has 1 atom stereocenters. The fourth-order valence-corrected chi connectivity index (χ4v) is 3.55. The summed E-state index contributed by atoms with van der Waals surface area (Å²) in [6.45, 7) is 5.02. The number of hydrogen-bond acceptors (Lipinski definition) is 3. The van der Waals surface area contributed by atoms with Crippen molar-refractivity contribution in [2.45, 2.75) is 25.8 Å². The van der Waals surface area contributed by atoms with Crippen LogP contribution in [-0.4, -0.2) is 23.4 Å². The second-order valence-corrected chi connectivity index (χ2v) is 6.92. The molecule has 0 bridgehead atoms. The minimum absolute atomic E-state index is 0.0278. The summed E-state index contributed by atoms with van der Waals surface area (Å²) in [7, 11) is 0. The SMILES string of the molecule is C=CCOC(=O)C1=C(C)N(Cc2cccc(F)c2)C(=O)C[C@@H]1c1ccc(F)cc1F. The van der Waals surface area contributed by atoms with Gasteiger partial charge in [-0.25, -0.2) is 18.0 Å². The second-order valence-electron chi connectivity index (χ2n) is 6.92. The Morgan fingerprint density at radius 2 is 1.93 bits per heavy atom. The first-order valence-corrected chi connectivity index (χ1v) is 9.30. The van der Waals surface area contributed by atoms with E-state index in [2.05, 4.69) is 6.58 Å². The van der Waals surface area contributed by atoms with E-state index in [1.807, 2.05) is 0 Å². The van der Waals surface area contributed by atoms with Crippen LogP contribution in [0.25, 0.3) is 0 Å². The zero-order chi connectivity index (χ0) is 21.8. The van der Waals surface area contributed by atoms with Gasteiger partial charge < -0.3 is 9.64 Å². The van der Waals surface area contributed by atoms with Crippen molar-refractivity contribution < 1.29 is 27.5 Å². The first-order valence-electron chi connectivity index (χ1n) is 9.30. The maximum Gasteiger partial charge on any atom is 0.336 e. The van der Waals surface area contributed by atoms with Gasteiger partial charge in [-0.1, -0.05) is 30.9 Å². The molecule has 7 heteroatoms. The van der Waals surface area contributed by atoms with Gasteiger partial charge in [0, 0.05) is 24.1 Å². The van der Waals surface area contributed by atoms with Gasteiger partial charge >= 0.3 is 5.97 Å². The number of allylic oxidation sites excluding steroid dienone is 1. The highest BCUT2D eigenvalue weighted by Gasteiger charge is 2.38. The van der Waals surface area contributed by atoms with Crippen molar-refractivity contribution in [2.24, 2.45) is 0 Å². The van der Waals surface area contributed by atoms with Gasteiger partial charge in [0.25, 0.3) is 0 Å². The molecule has 0 saturated heterocycles. The molecule has 1 heterocycles. The highest BCUT2D eigenvalue weighted by molar-refractivity contribution is 5.96. The van der Waals surface area contributed by atoms with Gasteiger partial charge in [0.2, 0.25) is 5.91 Å². The van der Waals surface area contributed by atoms with Gasteiger partial charge in [-0.3, -0.25) is 4.79 Å². The summed E-state index contributed by atoms with van der Waals surface area (Å²) < 4.78 is 46.5. The quantitative estimate of drug-likeness (QED) is 0.511. The Balaban J connectivity index is 2.06. The molecule has 0 aromatic heterocycles. The smallest absolute Gasteiger partial charge is 0.336 e. The van der Waals surface area contributed by atoms with Crippen LogP contribution in [-0.2, 0) is 20.9 Å². The van der Waals surface area contributed by atoms with Crippen LogP contribution in [0.15, 0.2) is 66.4 Å². The molecule has 2 aromatic carbocycles. The first-order chi connectivity index (χ1) is 14.3. The van der Waals surface area contributed by atoms with Crippen LogP contribution in [0.3, 0.4) is 0 Å². The highest BCUT2D eigenvalue weighted by Crippen LogP contribution is 2.38. The molecule has 1 amide bonds. The summed E-state index contributed by atoms with van der Waals surface area (Å²) in [5, 5.41) is 0. The largest absolute Gasteiger partial charge is 0.458 e. The summed E-state index contributed by atoms with van der Waals surface area (Å²) in [4.78, 5) is 27.0. The fraction of sp³-hybridized carbons (Fsp3) is 0.217. The fourth-order valence-electron chi connectivity index (χ4n) is 3.55. The van der Waals surface area contributed by atoms with E-state index >= 15 is 0 Å². The lowest BCUT2D eigenvalue weighted by Gasteiger charge is -2.34. The summed E-state index contributed by atoms with van der Waals surface area (Å²) in [5.74, 6) is -4.09. The average Bonchev–Trinajstić information content (AvgIpc) is 2.69. The number of nitrogens with zero attached hydrogens (tertiary/aromatic N) is 1. The lowest BCUT2D eigenvalue weighted by Crippen LogP contribution is -2.38. The van der Waals surface area contributed by atoms with E-state index < -0.39 is 29.3 Å². The molecule has 0 spiro atoms. The molecule has 1 aliphatic rings. The molecule has 1 aliphatic heterocycles. The van der Waals surface area contributed by atoms with Crippen LogP contribution < -0.4 is 0 Å². The van der Waals surface area contributed by atoms with Crippen LogP contribution in [0, 0.1) is 17.5 Å². The Hall–Kier alpha value is -3.35. The molecular formula is C23H20F3NO3. The minimum atomic E-state index is -0.931. The van der Waals surface area contributed by atoms with Gasteiger partial charge in [0.1, 0.15) is 24.1 Å². The second kappa shape index (κ2) is 8.98. The van der Waals surface area contributed by atoms with Crippen LogP contribution in [0.2, 0.25) is 0 Å². The van der Waals surface area contributed by atoms with Crippen molar-refractivity contribution in [3.8, 4) is 0 Å². The Labute approximate surface area is 172 Å². The predicted molar refractivity (Wildman–Crippen MR) is 105 cm³/mol. The van der Waals surface area contributed by atoms with E-state index in [0.717, 1.165) is 6.07 Å². The Kier molecular flexibility index (Phi) is 6.40. The lowest BCUT2D eigenvalue weighted by atomic mass is 9.83. The zero-order valence-corrected chi connectivity index (χ0v) is 16.3. The van der Waals surface area contributed by atoms with Gasteiger partial charge in [0.15, 0.2) is 0 Å². The van der Waals surface area contributed by atoms with Crippen LogP contribution in [0.4, 0.5) is 13.2 Å². The summed E-state index contributed by atoms with van der Waals surface area (Å²) in [6, 6.07) is 8.76. The maximum absolute atomic E-state index is 14.5. The Morgan fingerprint density at radius 3 is 2.60 bits per heavy atom. The molecular weight excluding hydrogens is 395 g/mol. The van der Waals surface area contributed by atoms with Gasteiger partial charge in [-0.15, -0.1) is 0 Å². The topological polar surface area (TPSA) is 46.6 Å². The van der Waals surface area contributed by atoms with Gasteiger partial charge in [-0.2, -0.15) is 0 Å². The number of carbonyl (C=O) groups excluding carboxylic acids is 2. The summed E-state index contributed by atoms with van der Waals surface area (Å²) in [6.07, 6.45) is 1.17. The normalized spacial score (nSPS) is 16.6. The molecule has 3 rings (SSSR count). The molecule has 0 N–H and O–H groups in total. The van der Waals surface area contributed by atoms with Crippen LogP contribution in [0.1, 0.15) is 30.4 Å². The molecule has 0 unspecified atom stereocenters. The predicted octanol–water partition coefficient (Wildman–Crippen LogP) is 4.62. The number of benzene rings is 2. The van der Waals surface area contributed by atoms with Crippen LogP contribution >= 0.6 is 0 Å². The molecule has 30 heavy (non-hydrogen) atoms. The van der Waals surface area contributed by atoms with E-state index in [4.69, 9.17) is 4.74 Å². The average molecular weight is 415 g/mol. The standard InChI is InChI=1S/C23H20F3NO3/c1-3-9-30-23(29)22-14(2)27(13-15-5-4-6-16(24)10-15)21(28)12-19(22)18-8-7-17(25)11-20(18)26/h3-8,10-11,19H,1,9,12-13H2,2H3/t19-/m1/s1. The third-order valence-corrected chi connectivity index (χ3v) is 4.94. The maximum atomic E-state index is 14.5. The number of esters is 1. The molecule has 0 aliphatic carbocycles. The van der Waals surface area contributed by atoms with Crippen molar-refractivity contribution >= 4 is 11.9 Å². The Bertz CT molecular complexity index is 1030. The van der Waals surface area contributed by atoms with Gasteiger partial charge in [-0.05, 0) is 36.2 Å². The number of carbonyl (C=O) groups is 2. The van der Waals surface area contributed by atoms with E-state index in [-0.39, 0.29) is 42.3 Å². The molecule has 4 nitrogen and oxygen atoms in total. The minimum Gasteiger partial charge on any atom is -0.458 e. The zero-order valence-electron chi connectivity index (χ0n) is 16.3. The van der Waals surface area contributed by atoms with E-state index in [1.54, 1.807) is 13.0 Å². The van der Waals surface area contributed by atoms with Gasteiger partial charge in [0.05, 0.1) is 12.1 Å². The summed E-state index contributed by atoms with van der Waals surface area (Å²) >= 11 is 0. The third-order valence-electron chi connectivity index (χ3n) is 4.94. The lowest BCUT2D eigenvalue weighted by molar-refractivity contribution is -0.139. The highest BCUT2D eigenvalue weighted by atomic mass is 19.1. The third kappa shape index (κ3) is 4.45. The van der Waals surface area contributed by atoms with Crippen molar-refractivity contribution in [3.05, 3.63) is 95.0 Å². The molecule has 0 fully saturated rings. The number of amides is 1. The Morgan fingerprint density at radius 1 is 1.20 bits per heavy atom. The monoisotopic (exact) mass is 415 g/mol. The first kappa shape index (κ1) is 21.4.